The van der Waals surface area contributed by atoms with Crippen molar-refractivity contribution < 1.29 is 0 Å². The molecule has 0 aromatic carbocycles. The summed E-state index contributed by atoms with van der Waals surface area (Å²) >= 11 is 1.64. The Hall–Kier alpha value is -1.42. The topological polar surface area (TPSA) is 37.8 Å². The van der Waals surface area contributed by atoms with Crippen LogP contribution in [0.25, 0.3) is 11.3 Å². The molecule has 1 N–H and O–H groups in total. The molecular weight excluding hydrogens is 206 g/mol. The third-order valence-electron chi connectivity index (χ3n) is 2.01. The molecular formula is C11H13N3S. The average molecular weight is 219 g/mol. The van der Waals surface area contributed by atoms with Crippen LogP contribution in [0, 0.1) is 0 Å². The van der Waals surface area contributed by atoms with Crippen molar-refractivity contribution in [2.75, 3.05) is 11.9 Å². The third kappa shape index (κ3) is 2.53. The second-order valence-corrected chi connectivity index (χ2v) is 4.06. The van der Waals surface area contributed by atoms with Crippen molar-refractivity contribution in [2.24, 2.45) is 0 Å². The summed E-state index contributed by atoms with van der Waals surface area (Å²) < 4.78 is 0. The van der Waals surface area contributed by atoms with Crippen molar-refractivity contribution >= 4 is 16.5 Å². The maximum Gasteiger partial charge on any atom is 0.183 e. The molecule has 78 valence electrons. The molecule has 4 heteroatoms. The highest BCUT2D eigenvalue weighted by molar-refractivity contribution is 7.14. The first-order valence-corrected chi connectivity index (χ1v) is 5.88. The summed E-state index contributed by atoms with van der Waals surface area (Å²) in [6.07, 6.45) is 4.69. The number of nitrogens with zero attached hydrogens (tertiary/aromatic N) is 2. The van der Waals surface area contributed by atoms with E-state index in [4.69, 9.17) is 0 Å². The van der Waals surface area contributed by atoms with E-state index in [2.05, 4.69) is 27.6 Å². The molecule has 15 heavy (non-hydrogen) atoms. The smallest absolute Gasteiger partial charge is 0.183 e. The van der Waals surface area contributed by atoms with Gasteiger partial charge in [-0.05, 0) is 18.6 Å². The normalized spacial score (nSPS) is 10.2. The van der Waals surface area contributed by atoms with E-state index < -0.39 is 0 Å². The van der Waals surface area contributed by atoms with Gasteiger partial charge in [0.25, 0.3) is 0 Å². The lowest BCUT2D eigenvalue weighted by atomic mass is 10.2. The van der Waals surface area contributed by atoms with Gasteiger partial charge in [0.05, 0.1) is 5.69 Å². The zero-order valence-electron chi connectivity index (χ0n) is 8.60. The van der Waals surface area contributed by atoms with Crippen LogP contribution < -0.4 is 5.32 Å². The molecule has 0 radical (unpaired) electrons. The van der Waals surface area contributed by atoms with Gasteiger partial charge in [0.1, 0.15) is 0 Å². The second-order valence-electron chi connectivity index (χ2n) is 3.20. The van der Waals surface area contributed by atoms with Crippen LogP contribution in [0.4, 0.5) is 5.13 Å². The van der Waals surface area contributed by atoms with Gasteiger partial charge in [-0.3, -0.25) is 4.98 Å². The van der Waals surface area contributed by atoms with Crippen molar-refractivity contribution in [3.8, 4) is 11.3 Å². The highest BCUT2D eigenvalue weighted by atomic mass is 32.1. The number of hydrogen-bond acceptors (Lipinski definition) is 4. The summed E-state index contributed by atoms with van der Waals surface area (Å²) in [5.41, 5.74) is 2.13. The molecule has 0 unspecified atom stereocenters. The predicted molar refractivity (Wildman–Crippen MR) is 64.1 cm³/mol. The van der Waals surface area contributed by atoms with E-state index in [9.17, 15) is 0 Å². The van der Waals surface area contributed by atoms with E-state index in [1.165, 1.54) is 0 Å². The molecule has 0 saturated carbocycles. The van der Waals surface area contributed by atoms with E-state index in [-0.39, 0.29) is 0 Å². The molecule has 2 aromatic rings. The van der Waals surface area contributed by atoms with Gasteiger partial charge >= 0.3 is 0 Å². The van der Waals surface area contributed by atoms with E-state index in [0.717, 1.165) is 29.4 Å². The fraction of sp³-hybridized carbons (Fsp3) is 0.273. The number of aromatic nitrogens is 2. The van der Waals surface area contributed by atoms with Crippen molar-refractivity contribution in [2.45, 2.75) is 13.3 Å². The Labute approximate surface area is 93.2 Å². The molecule has 3 nitrogen and oxygen atoms in total. The molecule has 2 rings (SSSR count). The molecule has 0 saturated heterocycles. The number of rotatable bonds is 4. The Morgan fingerprint density at radius 3 is 2.87 bits per heavy atom. The van der Waals surface area contributed by atoms with Crippen molar-refractivity contribution in [1.29, 1.82) is 0 Å². The summed E-state index contributed by atoms with van der Waals surface area (Å²) in [4.78, 5) is 8.48. The molecule has 0 atom stereocenters. The summed E-state index contributed by atoms with van der Waals surface area (Å²) in [6.45, 7) is 3.12. The Kier molecular flexibility index (Phi) is 3.29. The molecule has 0 bridgehead atoms. The number of pyridine rings is 1. The van der Waals surface area contributed by atoms with E-state index in [1.807, 2.05) is 12.1 Å². The highest BCUT2D eigenvalue weighted by Crippen LogP contribution is 2.23. The van der Waals surface area contributed by atoms with Gasteiger partial charge in [0.2, 0.25) is 0 Å². The van der Waals surface area contributed by atoms with E-state index >= 15 is 0 Å². The molecule has 0 spiro atoms. The number of thiazole rings is 1. The summed E-state index contributed by atoms with van der Waals surface area (Å²) in [7, 11) is 0. The zero-order valence-corrected chi connectivity index (χ0v) is 9.42. The first-order valence-electron chi connectivity index (χ1n) is 5.00. The van der Waals surface area contributed by atoms with Gasteiger partial charge in [-0.25, -0.2) is 4.98 Å². The fourth-order valence-corrected chi connectivity index (χ4v) is 1.99. The van der Waals surface area contributed by atoms with Crippen LogP contribution in [0.1, 0.15) is 13.3 Å². The summed E-state index contributed by atoms with van der Waals surface area (Å²) in [5.74, 6) is 0. The third-order valence-corrected chi connectivity index (χ3v) is 2.81. The number of hydrogen-bond donors (Lipinski definition) is 1. The SMILES string of the molecule is CCCNc1nc(-c2ccncc2)cs1. The molecule has 0 amide bonds. The Bertz CT molecular complexity index is 411. The minimum absolute atomic E-state index is 0.975. The van der Waals surface area contributed by atoms with E-state index in [1.54, 1.807) is 23.7 Å². The number of anilines is 1. The van der Waals surface area contributed by atoms with Gasteiger partial charge in [-0.15, -0.1) is 11.3 Å². The van der Waals surface area contributed by atoms with Crippen LogP contribution in [0.2, 0.25) is 0 Å². The van der Waals surface area contributed by atoms with Crippen molar-refractivity contribution in [3.63, 3.8) is 0 Å². The average Bonchev–Trinajstić information content (AvgIpc) is 2.76. The molecule has 2 aromatic heterocycles. The van der Waals surface area contributed by atoms with Gasteiger partial charge in [-0.1, -0.05) is 6.92 Å². The van der Waals surface area contributed by atoms with Gasteiger partial charge < -0.3 is 5.32 Å². The van der Waals surface area contributed by atoms with Crippen molar-refractivity contribution in [3.05, 3.63) is 29.9 Å². The molecule has 0 fully saturated rings. The maximum atomic E-state index is 4.50. The second kappa shape index (κ2) is 4.89. The standard InChI is InChI=1S/C11H13N3S/c1-2-5-13-11-14-10(8-15-11)9-3-6-12-7-4-9/h3-4,6-8H,2,5H2,1H3,(H,13,14). The lowest BCUT2D eigenvalue weighted by Crippen LogP contribution is -1.98. The summed E-state index contributed by atoms with van der Waals surface area (Å²) in [5, 5.41) is 6.33. The first-order chi connectivity index (χ1) is 7.40. The van der Waals surface area contributed by atoms with Crippen LogP contribution in [0.15, 0.2) is 29.9 Å². The predicted octanol–water partition coefficient (Wildman–Crippen LogP) is 3.03. The van der Waals surface area contributed by atoms with Gasteiger partial charge in [0, 0.05) is 29.9 Å². The Morgan fingerprint density at radius 2 is 2.13 bits per heavy atom. The Balaban J connectivity index is 2.14. The van der Waals surface area contributed by atoms with Crippen LogP contribution >= 0.6 is 11.3 Å². The fourth-order valence-electron chi connectivity index (χ4n) is 1.24. The monoisotopic (exact) mass is 219 g/mol. The lowest BCUT2D eigenvalue weighted by molar-refractivity contribution is 0.976. The maximum absolute atomic E-state index is 4.50. The molecule has 0 aliphatic heterocycles. The van der Waals surface area contributed by atoms with Crippen LogP contribution in [0.3, 0.4) is 0 Å². The lowest BCUT2D eigenvalue weighted by Gasteiger charge is -1.97. The van der Waals surface area contributed by atoms with E-state index in [0.29, 0.717) is 0 Å². The molecule has 2 heterocycles. The molecule has 0 aliphatic rings. The van der Waals surface area contributed by atoms with Crippen molar-refractivity contribution in [1.82, 2.24) is 9.97 Å². The summed E-state index contributed by atoms with van der Waals surface area (Å²) in [6, 6.07) is 3.94. The zero-order chi connectivity index (χ0) is 10.5. The highest BCUT2D eigenvalue weighted by Gasteiger charge is 2.02. The largest absolute Gasteiger partial charge is 0.362 e. The van der Waals surface area contributed by atoms with Crippen LogP contribution in [-0.2, 0) is 0 Å². The van der Waals surface area contributed by atoms with Gasteiger partial charge in [0.15, 0.2) is 5.13 Å². The van der Waals surface area contributed by atoms with Crippen LogP contribution in [0.5, 0.6) is 0 Å². The molecule has 0 aliphatic carbocycles. The minimum Gasteiger partial charge on any atom is -0.362 e. The quantitative estimate of drug-likeness (QED) is 0.859. The Morgan fingerprint density at radius 1 is 1.33 bits per heavy atom. The van der Waals surface area contributed by atoms with Crippen LogP contribution in [-0.4, -0.2) is 16.5 Å². The first kappa shape index (κ1) is 10.1. The van der Waals surface area contributed by atoms with Gasteiger partial charge in [-0.2, -0.15) is 0 Å². The minimum atomic E-state index is 0.975. The number of nitrogens with one attached hydrogen (secondary N) is 1.